The molecule has 0 heterocycles. The molecule has 0 amide bonds. The summed E-state index contributed by atoms with van der Waals surface area (Å²) in [4.78, 5) is 48.5. The van der Waals surface area contributed by atoms with Crippen molar-refractivity contribution in [3.05, 3.63) is 85.1 Å². The predicted molar refractivity (Wildman–Crippen MR) is 298 cm³/mol. The minimum absolute atomic E-state index is 0.144. The number of carbonyl (C=O) groups excluding carboxylic acids is 3. The molecule has 0 aliphatic carbocycles. The number of allylic oxidation sites excluding steroid dienone is 14. The van der Waals surface area contributed by atoms with Crippen molar-refractivity contribution < 1.29 is 52.2 Å². The smallest absolute Gasteiger partial charge is 0.462 e. The topological polar surface area (TPSA) is 155 Å². The highest BCUT2D eigenvalue weighted by molar-refractivity contribution is 7.47. The maximum absolute atomic E-state index is 12.9. The fraction of sp³-hybridized carbons (Fsp3) is 0.717. The van der Waals surface area contributed by atoms with E-state index in [2.05, 4.69) is 99.8 Å². The third kappa shape index (κ3) is 51.6. The van der Waals surface area contributed by atoms with Gasteiger partial charge in [0, 0.05) is 19.3 Å². The van der Waals surface area contributed by atoms with Crippen molar-refractivity contribution in [2.45, 2.75) is 251 Å². The lowest BCUT2D eigenvalue weighted by Crippen LogP contribution is -2.30. The molecule has 3 atom stereocenters. The molecule has 414 valence electrons. The Morgan fingerprint density at radius 2 is 0.736 bits per heavy atom. The minimum Gasteiger partial charge on any atom is -0.462 e. The Hall–Kier alpha value is -3.34. The van der Waals surface area contributed by atoms with E-state index in [1.807, 2.05) is 6.08 Å². The first-order valence-electron chi connectivity index (χ1n) is 28.5. The van der Waals surface area contributed by atoms with Crippen molar-refractivity contribution in [1.82, 2.24) is 0 Å². The highest BCUT2D eigenvalue weighted by Gasteiger charge is 2.28. The molecular formula is C60H103O11P. The molecule has 0 saturated carbocycles. The molecule has 0 aliphatic heterocycles. The van der Waals surface area contributed by atoms with Crippen LogP contribution >= 0.6 is 7.82 Å². The molecule has 0 saturated heterocycles. The Balaban J connectivity index is 4.83. The van der Waals surface area contributed by atoms with Crippen LogP contribution in [0.4, 0.5) is 0 Å². The second-order valence-corrected chi connectivity index (χ2v) is 20.2. The van der Waals surface area contributed by atoms with Crippen LogP contribution in [0.2, 0.25) is 0 Å². The lowest BCUT2D eigenvalue weighted by molar-refractivity contribution is -0.161. The van der Waals surface area contributed by atoms with E-state index < -0.39 is 57.8 Å². The molecule has 0 radical (unpaired) electrons. The number of hydrogen-bond donors (Lipinski definition) is 2. The Kier molecular flexibility index (Phi) is 51.4. The average Bonchev–Trinajstić information content (AvgIpc) is 3.37. The molecule has 0 aromatic heterocycles. The molecule has 0 aliphatic rings. The van der Waals surface area contributed by atoms with Gasteiger partial charge in [0.25, 0.3) is 0 Å². The molecule has 0 fully saturated rings. The zero-order chi connectivity index (χ0) is 52.7. The quantitative estimate of drug-likeness (QED) is 0.0197. The number of ether oxygens (including phenoxy) is 3. The zero-order valence-electron chi connectivity index (χ0n) is 45.6. The highest BCUT2D eigenvalue weighted by atomic mass is 31.2. The highest BCUT2D eigenvalue weighted by Crippen LogP contribution is 2.43. The molecule has 0 spiro atoms. The van der Waals surface area contributed by atoms with Gasteiger partial charge in [-0.3, -0.25) is 23.4 Å². The molecule has 0 aromatic carbocycles. The standard InChI is InChI=1S/C60H103O11P/c1-4-7-10-13-16-19-22-24-26-28-30-32-35-37-40-43-46-49-58(62)67-53-57(71-60(64)51-48-45-42-39-36-33-31-29-27-25-23-20-17-14-11-8-5-2)55-69-72(65,66)68-54-56(52-61)70-59(63)50-47-44-41-38-34-21-18-15-12-9-6-3/h7,10,16-17,19-20,24-27,30,32,37,40,56-57,61H,4-6,8-9,11-15,18,21-23,28-29,31,33-36,38-39,41-55H2,1-3H3,(H,65,66)/b10-7-,19-16-,20-17-,26-24-,27-25-,32-30-,40-37-. The predicted octanol–water partition coefficient (Wildman–Crippen LogP) is 16.7. The number of rotatable bonds is 52. The van der Waals surface area contributed by atoms with Crippen LogP contribution in [0.25, 0.3) is 0 Å². The first-order valence-corrected chi connectivity index (χ1v) is 30.0. The summed E-state index contributed by atoms with van der Waals surface area (Å²) in [5.74, 6) is -1.54. The Morgan fingerprint density at radius 1 is 0.403 bits per heavy atom. The maximum atomic E-state index is 12.9. The van der Waals surface area contributed by atoms with Crippen LogP contribution in [-0.2, 0) is 42.2 Å². The lowest BCUT2D eigenvalue weighted by Gasteiger charge is -2.21. The SMILES string of the molecule is CC/C=C\C/C=C\C/C=C\C/C=C\C/C=C\CCCC(=O)OCC(COP(=O)(O)OCC(CO)OC(=O)CCCCCCCCCCCCC)OC(=O)CCCCCCCCC/C=C\C/C=C\CCCCC. The number of unbranched alkanes of at least 4 members (excludes halogenated alkanes) is 21. The molecule has 72 heavy (non-hydrogen) atoms. The molecule has 2 N–H and O–H groups in total. The molecule has 0 aromatic rings. The van der Waals surface area contributed by atoms with Crippen LogP contribution in [0.5, 0.6) is 0 Å². The number of esters is 3. The largest absolute Gasteiger partial charge is 0.472 e. The number of phosphoric ester groups is 1. The van der Waals surface area contributed by atoms with Crippen molar-refractivity contribution >= 4 is 25.7 Å². The second kappa shape index (κ2) is 53.9. The third-order valence-corrected chi connectivity index (χ3v) is 12.8. The van der Waals surface area contributed by atoms with Crippen molar-refractivity contribution in [3.63, 3.8) is 0 Å². The molecular weight excluding hydrogens is 928 g/mol. The van der Waals surface area contributed by atoms with Gasteiger partial charge in [-0.25, -0.2) is 4.57 Å². The molecule has 11 nitrogen and oxygen atoms in total. The molecule has 0 rings (SSSR count). The lowest BCUT2D eigenvalue weighted by atomic mass is 10.1. The van der Waals surface area contributed by atoms with Gasteiger partial charge >= 0.3 is 25.7 Å². The van der Waals surface area contributed by atoms with Gasteiger partial charge in [-0.2, -0.15) is 0 Å². The van der Waals surface area contributed by atoms with Crippen LogP contribution < -0.4 is 0 Å². The van der Waals surface area contributed by atoms with Gasteiger partial charge < -0.3 is 24.2 Å². The summed E-state index contributed by atoms with van der Waals surface area (Å²) in [6.45, 7) is 4.43. The van der Waals surface area contributed by atoms with Gasteiger partial charge in [0.05, 0.1) is 19.8 Å². The monoisotopic (exact) mass is 1030 g/mol. The van der Waals surface area contributed by atoms with E-state index in [0.29, 0.717) is 25.7 Å². The number of phosphoric acid groups is 1. The van der Waals surface area contributed by atoms with E-state index in [0.717, 1.165) is 89.9 Å². The van der Waals surface area contributed by atoms with E-state index in [1.54, 1.807) is 0 Å². The maximum Gasteiger partial charge on any atom is 0.472 e. The Bertz CT molecular complexity index is 1530. The van der Waals surface area contributed by atoms with Gasteiger partial charge in [0.1, 0.15) is 12.7 Å². The fourth-order valence-electron chi connectivity index (χ4n) is 7.48. The summed E-state index contributed by atoms with van der Waals surface area (Å²) in [5.41, 5.74) is 0. The number of hydrogen-bond acceptors (Lipinski definition) is 10. The summed E-state index contributed by atoms with van der Waals surface area (Å²) in [6, 6.07) is 0. The molecule has 3 unspecified atom stereocenters. The summed E-state index contributed by atoms with van der Waals surface area (Å²) < 4.78 is 39.4. The zero-order valence-corrected chi connectivity index (χ0v) is 46.5. The number of aliphatic hydroxyl groups excluding tert-OH is 1. The average molecular weight is 1030 g/mol. The van der Waals surface area contributed by atoms with Gasteiger partial charge in [-0.05, 0) is 89.9 Å². The van der Waals surface area contributed by atoms with E-state index in [1.165, 1.54) is 83.5 Å². The minimum atomic E-state index is -4.76. The summed E-state index contributed by atoms with van der Waals surface area (Å²) in [5, 5.41) is 9.79. The van der Waals surface area contributed by atoms with E-state index in [4.69, 9.17) is 23.3 Å². The molecule has 0 bridgehead atoms. The van der Waals surface area contributed by atoms with E-state index in [9.17, 15) is 28.9 Å². The third-order valence-electron chi connectivity index (χ3n) is 11.8. The Labute approximate surface area is 439 Å². The normalized spacial score (nSPS) is 14.0. The first kappa shape index (κ1) is 68.7. The van der Waals surface area contributed by atoms with Crippen LogP contribution in [-0.4, -0.2) is 66.5 Å². The van der Waals surface area contributed by atoms with E-state index >= 15 is 0 Å². The van der Waals surface area contributed by atoms with Gasteiger partial charge in [0.15, 0.2) is 6.10 Å². The fourth-order valence-corrected chi connectivity index (χ4v) is 8.26. The summed E-state index contributed by atoms with van der Waals surface area (Å²) in [6.07, 6.45) is 61.2. The van der Waals surface area contributed by atoms with Crippen LogP contribution in [0.15, 0.2) is 85.1 Å². The number of carbonyl (C=O) groups is 3. The summed E-state index contributed by atoms with van der Waals surface area (Å²) >= 11 is 0. The van der Waals surface area contributed by atoms with Crippen molar-refractivity contribution in [1.29, 1.82) is 0 Å². The van der Waals surface area contributed by atoms with Crippen molar-refractivity contribution in [3.8, 4) is 0 Å². The van der Waals surface area contributed by atoms with Crippen molar-refractivity contribution in [2.24, 2.45) is 0 Å². The van der Waals surface area contributed by atoms with Gasteiger partial charge in [-0.15, -0.1) is 0 Å². The van der Waals surface area contributed by atoms with Crippen LogP contribution in [0.3, 0.4) is 0 Å². The van der Waals surface area contributed by atoms with Crippen molar-refractivity contribution in [2.75, 3.05) is 26.4 Å². The first-order chi connectivity index (χ1) is 35.2. The Morgan fingerprint density at radius 3 is 1.18 bits per heavy atom. The van der Waals surface area contributed by atoms with Crippen LogP contribution in [0.1, 0.15) is 239 Å². The van der Waals surface area contributed by atoms with Gasteiger partial charge in [0.2, 0.25) is 0 Å². The van der Waals surface area contributed by atoms with Crippen LogP contribution in [0, 0.1) is 0 Å². The molecule has 12 heteroatoms. The number of aliphatic hydroxyl groups is 1. The second-order valence-electron chi connectivity index (χ2n) is 18.7. The summed E-state index contributed by atoms with van der Waals surface area (Å²) in [7, 11) is -4.76. The van der Waals surface area contributed by atoms with Gasteiger partial charge in [-0.1, -0.05) is 215 Å². The van der Waals surface area contributed by atoms with E-state index in [-0.39, 0.29) is 25.9 Å².